The number of rotatable bonds is 2. The molecule has 106 valence electrons. The fourth-order valence-corrected chi connectivity index (χ4v) is 2.41. The number of aliphatic hydroxyl groups excluding tert-OH is 1. The molecule has 1 aliphatic carbocycles. The van der Waals surface area contributed by atoms with Crippen molar-refractivity contribution in [3.8, 4) is 0 Å². The van der Waals surface area contributed by atoms with Crippen molar-refractivity contribution in [2.24, 2.45) is 5.92 Å². The van der Waals surface area contributed by atoms with Crippen molar-refractivity contribution < 1.29 is 14.6 Å². The Balaban J connectivity index is 0.000000199. The number of piperidine rings is 1. The van der Waals surface area contributed by atoms with Crippen molar-refractivity contribution >= 4 is 5.97 Å². The summed E-state index contributed by atoms with van der Waals surface area (Å²) >= 11 is 0. The van der Waals surface area contributed by atoms with Crippen LogP contribution in [0.4, 0.5) is 0 Å². The number of nitrogens with one attached hydrogen (secondary N) is 1. The Labute approximate surface area is 110 Å². The normalized spacial score (nSPS) is 21.9. The van der Waals surface area contributed by atoms with Crippen LogP contribution in [-0.2, 0) is 9.53 Å². The molecule has 4 nitrogen and oxygen atoms in total. The molecule has 2 fully saturated rings. The number of carbonyl (C=O) groups excluding carboxylic acids is 1. The van der Waals surface area contributed by atoms with E-state index in [9.17, 15) is 4.79 Å². The maximum absolute atomic E-state index is 11.2. The van der Waals surface area contributed by atoms with Crippen LogP contribution in [0.3, 0.4) is 0 Å². The third-order valence-corrected chi connectivity index (χ3v) is 3.53. The molecule has 2 aliphatic rings. The molecule has 1 saturated carbocycles. The van der Waals surface area contributed by atoms with E-state index < -0.39 is 0 Å². The van der Waals surface area contributed by atoms with Gasteiger partial charge in [0.15, 0.2) is 0 Å². The first-order valence-corrected chi connectivity index (χ1v) is 7.29. The summed E-state index contributed by atoms with van der Waals surface area (Å²) in [5.41, 5.74) is 0. The Kier molecular flexibility index (Phi) is 8.01. The molecule has 4 heteroatoms. The van der Waals surface area contributed by atoms with E-state index >= 15 is 0 Å². The van der Waals surface area contributed by atoms with Gasteiger partial charge in [-0.25, -0.2) is 0 Å². The maximum atomic E-state index is 11.2. The lowest BCUT2D eigenvalue weighted by Crippen LogP contribution is -2.30. The average molecular weight is 257 g/mol. The second-order valence-corrected chi connectivity index (χ2v) is 5.07. The monoisotopic (exact) mass is 257 g/mol. The molecule has 0 radical (unpaired) electrons. The fourth-order valence-electron chi connectivity index (χ4n) is 2.41. The molecule has 2 rings (SSSR count). The van der Waals surface area contributed by atoms with Gasteiger partial charge in [0.25, 0.3) is 0 Å². The number of ether oxygens (including phenoxy) is 1. The van der Waals surface area contributed by atoms with E-state index in [1.165, 1.54) is 19.3 Å². The molecule has 0 aromatic heterocycles. The topological polar surface area (TPSA) is 58.6 Å². The molecule has 1 aliphatic heterocycles. The number of esters is 1. The molecule has 18 heavy (non-hydrogen) atoms. The van der Waals surface area contributed by atoms with E-state index in [4.69, 9.17) is 9.84 Å². The van der Waals surface area contributed by atoms with Gasteiger partial charge in [0, 0.05) is 0 Å². The minimum Gasteiger partial charge on any atom is -0.466 e. The Morgan fingerprint density at radius 3 is 2.22 bits per heavy atom. The Morgan fingerprint density at radius 2 is 1.78 bits per heavy atom. The highest BCUT2D eigenvalue weighted by Gasteiger charge is 2.21. The zero-order valence-corrected chi connectivity index (χ0v) is 11.5. The standard InChI is InChI=1S/C9H16O2.C5H11NO/c1-2-11-9(10)8-6-4-3-5-7-8;7-5-1-3-6-4-2-5/h8H,2-7H2,1H3;5-7H,1-4H2. The molecule has 1 heterocycles. The van der Waals surface area contributed by atoms with Crippen LogP contribution >= 0.6 is 0 Å². The number of hydrogen-bond donors (Lipinski definition) is 2. The summed E-state index contributed by atoms with van der Waals surface area (Å²) in [5.74, 6) is 0.232. The average Bonchev–Trinajstić information content (AvgIpc) is 2.42. The van der Waals surface area contributed by atoms with Crippen LogP contribution in [0, 0.1) is 5.92 Å². The molecule has 0 aromatic rings. The van der Waals surface area contributed by atoms with E-state index in [0.717, 1.165) is 38.8 Å². The number of carbonyl (C=O) groups is 1. The van der Waals surface area contributed by atoms with Gasteiger partial charge >= 0.3 is 5.97 Å². The summed E-state index contributed by atoms with van der Waals surface area (Å²) in [7, 11) is 0. The van der Waals surface area contributed by atoms with Crippen LogP contribution in [0.15, 0.2) is 0 Å². The first-order chi connectivity index (χ1) is 8.74. The zero-order valence-electron chi connectivity index (χ0n) is 11.5. The Morgan fingerprint density at radius 1 is 1.17 bits per heavy atom. The van der Waals surface area contributed by atoms with Gasteiger partial charge in [-0.15, -0.1) is 0 Å². The minimum absolute atomic E-state index is 0.0206. The highest BCUT2D eigenvalue weighted by molar-refractivity contribution is 5.72. The Bertz CT molecular complexity index is 221. The molecule has 0 aromatic carbocycles. The zero-order chi connectivity index (χ0) is 13.2. The number of aliphatic hydroxyl groups is 1. The largest absolute Gasteiger partial charge is 0.466 e. The van der Waals surface area contributed by atoms with Gasteiger partial charge in [-0.1, -0.05) is 19.3 Å². The second-order valence-electron chi connectivity index (χ2n) is 5.07. The highest BCUT2D eigenvalue weighted by Crippen LogP contribution is 2.24. The molecular formula is C14H27NO3. The van der Waals surface area contributed by atoms with Gasteiger partial charge in [-0.05, 0) is 45.7 Å². The van der Waals surface area contributed by atoms with Crippen LogP contribution in [0.25, 0.3) is 0 Å². The van der Waals surface area contributed by atoms with Crippen molar-refractivity contribution in [2.75, 3.05) is 19.7 Å². The predicted molar refractivity (Wildman–Crippen MR) is 71.3 cm³/mol. The van der Waals surface area contributed by atoms with Gasteiger partial charge in [0.2, 0.25) is 0 Å². The predicted octanol–water partition coefficient (Wildman–Crippen LogP) is 1.86. The quantitative estimate of drug-likeness (QED) is 0.741. The van der Waals surface area contributed by atoms with Crippen molar-refractivity contribution in [1.82, 2.24) is 5.32 Å². The lowest BCUT2D eigenvalue weighted by Gasteiger charge is -2.19. The molecule has 2 N–H and O–H groups in total. The molecule has 1 saturated heterocycles. The summed E-state index contributed by atoms with van der Waals surface area (Å²) in [6, 6.07) is 0. The molecule has 0 amide bonds. The van der Waals surface area contributed by atoms with E-state index in [-0.39, 0.29) is 18.0 Å². The maximum Gasteiger partial charge on any atom is 0.308 e. The SMILES string of the molecule is CCOC(=O)C1CCCCC1.OC1CCNCC1. The van der Waals surface area contributed by atoms with E-state index in [2.05, 4.69) is 5.32 Å². The molecule has 0 atom stereocenters. The van der Waals surface area contributed by atoms with E-state index in [1.807, 2.05) is 6.92 Å². The Hall–Kier alpha value is -0.610. The smallest absolute Gasteiger partial charge is 0.308 e. The fraction of sp³-hybridized carbons (Fsp3) is 0.929. The molecular weight excluding hydrogens is 230 g/mol. The lowest BCUT2D eigenvalue weighted by atomic mass is 9.89. The number of hydrogen-bond acceptors (Lipinski definition) is 4. The van der Waals surface area contributed by atoms with Crippen LogP contribution in [0.2, 0.25) is 0 Å². The first-order valence-electron chi connectivity index (χ1n) is 7.29. The second kappa shape index (κ2) is 9.34. The van der Waals surface area contributed by atoms with Gasteiger partial charge in [0.05, 0.1) is 18.6 Å². The van der Waals surface area contributed by atoms with Crippen molar-refractivity contribution in [3.05, 3.63) is 0 Å². The highest BCUT2D eigenvalue weighted by atomic mass is 16.5. The van der Waals surface area contributed by atoms with E-state index in [0.29, 0.717) is 6.61 Å². The minimum atomic E-state index is -0.0266. The van der Waals surface area contributed by atoms with Crippen molar-refractivity contribution in [2.45, 2.75) is 58.0 Å². The van der Waals surface area contributed by atoms with Crippen molar-refractivity contribution in [3.63, 3.8) is 0 Å². The van der Waals surface area contributed by atoms with Crippen LogP contribution in [0.5, 0.6) is 0 Å². The first kappa shape index (κ1) is 15.4. The molecule has 0 unspecified atom stereocenters. The summed E-state index contributed by atoms with van der Waals surface area (Å²) < 4.78 is 4.94. The van der Waals surface area contributed by atoms with Gasteiger partial charge in [0.1, 0.15) is 0 Å². The van der Waals surface area contributed by atoms with Crippen LogP contribution in [-0.4, -0.2) is 36.9 Å². The van der Waals surface area contributed by atoms with Crippen molar-refractivity contribution in [1.29, 1.82) is 0 Å². The summed E-state index contributed by atoms with van der Waals surface area (Å²) in [4.78, 5) is 11.2. The summed E-state index contributed by atoms with van der Waals surface area (Å²) in [5, 5.41) is 12.0. The molecule has 0 bridgehead atoms. The lowest BCUT2D eigenvalue weighted by molar-refractivity contribution is -0.149. The summed E-state index contributed by atoms with van der Waals surface area (Å²) in [6.45, 7) is 4.36. The van der Waals surface area contributed by atoms with Gasteiger partial charge in [-0.3, -0.25) is 4.79 Å². The van der Waals surface area contributed by atoms with Crippen LogP contribution < -0.4 is 5.32 Å². The van der Waals surface area contributed by atoms with Crippen LogP contribution in [0.1, 0.15) is 51.9 Å². The summed E-state index contributed by atoms with van der Waals surface area (Å²) in [6.07, 6.45) is 7.60. The third kappa shape index (κ3) is 6.36. The molecule has 0 spiro atoms. The van der Waals surface area contributed by atoms with Gasteiger partial charge < -0.3 is 15.2 Å². The van der Waals surface area contributed by atoms with E-state index in [1.54, 1.807) is 0 Å². The third-order valence-electron chi connectivity index (χ3n) is 3.53. The van der Waals surface area contributed by atoms with Gasteiger partial charge in [-0.2, -0.15) is 0 Å².